The summed E-state index contributed by atoms with van der Waals surface area (Å²) in [7, 11) is 0. The average molecular weight is 204 g/mol. The summed E-state index contributed by atoms with van der Waals surface area (Å²) in [5, 5.41) is 24.5. The molecule has 8 heteroatoms. The highest BCUT2D eigenvalue weighted by molar-refractivity contribution is 5.87. The molecule has 2 N–H and O–H groups in total. The van der Waals surface area contributed by atoms with Crippen LogP contribution in [-0.2, 0) is 14.3 Å². The van der Waals surface area contributed by atoms with Gasteiger partial charge in [0.05, 0.1) is 6.42 Å². The van der Waals surface area contributed by atoms with Crippen LogP contribution < -0.4 is 5.11 Å². The van der Waals surface area contributed by atoms with Crippen molar-refractivity contribution in [2.24, 2.45) is 0 Å². The quantitative estimate of drug-likeness (QED) is 0.269. The molecule has 0 rings (SSSR count). The third kappa shape index (κ3) is 6.58. The van der Waals surface area contributed by atoms with Crippen molar-refractivity contribution in [1.82, 2.24) is 0 Å². The van der Waals surface area contributed by atoms with Gasteiger partial charge in [0.2, 0.25) is 0 Å². The second kappa shape index (κ2) is 5.51. The van der Waals surface area contributed by atoms with E-state index in [0.717, 1.165) is 0 Å². The molecule has 0 aromatic carbocycles. The highest BCUT2D eigenvalue weighted by Crippen LogP contribution is 1.96. The van der Waals surface area contributed by atoms with Gasteiger partial charge in [-0.15, -0.1) is 0 Å². The van der Waals surface area contributed by atoms with Crippen molar-refractivity contribution >= 4 is 24.2 Å². The summed E-state index contributed by atoms with van der Waals surface area (Å²) in [5.41, 5.74) is 0. The number of carbonyl (C=O) groups excluding carboxylic acids is 2. The van der Waals surface area contributed by atoms with Gasteiger partial charge in [-0.1, -0.05) is 0 Å². The summed E-state index contributed by atoms with van der Waals surface area (Å²) < 4.78 is 7.41. The van der Waals surface area contributed by atoms with Gasteiger partial charge in [-0.2, -0.15) is 0 Å². The number of ether oxygens (including phenoxy) is 2. The van der Waals surface area contributed by atoms with Crippen LogP contribution in [0, 0.1) is 5.41 Å². The van der Waals surface area contributed by atoms with E-state index < -0.39 is 30.6 Å². The molecular weight excluding hydrogens is 198 g/mol. The van der Waals surface area contributed by atoms with Gasteiger partial charge in [-0.25, -0.2) is 4.79 Å². The van der Waals surface area contributed by atoms with E-state index in [0.29, 0.717) is 0 Å². The second-order valence-electron chi connectivity index (χ2n) is 2.02. The van der Waals surface area contributed by atoms with E-state index in [2.05, 4.69) is 9.47 Å². The Kier molecular flexibility index (Phi) is 4.68. The number of nitrogens with one attached hydrogen (secondary N) is 1. The molecule has 0 amide bonds. The molecule has 0 unspecified atom stereocenters. The number of esters is 1. The lowest BCUT2D eigenvalue weighted by molar-refractivity contribution is -0.273. The normalized spacial score (nSPS) is 8.86. The molecule has 0 aromatic heterocycles. The fourth-order valence-corrected chi connectivity index (χ4v) is 0.516. The van der Waals surface area contributed by atoms with Crippen LogP contribution in [0.1, 0.15) is 12.8 Å². The van der Waals surface area contributed by atoms with Gasteiger partial charge in [0.1, 0.15) is 5.90 Å². The smallest absolute Gasteiger partial charge is 0.501 e. The van der Waals surface area contributed by atoms with Crippen LogP contribution in [-0.4, -0.2) is 29.3 Å². The van der Waals surface area contributed by atoms with Crippen molar-refractivity contribution < 1.29 is 34.1 Å². The van der Waals surface area contributed by atoms with Crippen molar-refractivity contribution in [3.05, 3.63) is 0 Å². The predicted octanol–water partition coefficient (Wildman–Crippen LogP) is -0.675. The zero-order chi connectivity index (χ0) is 11.1. The highest BCUT2D eigenvalue weighted by Gasteiger charge is 2.09. The molecule has 0 saturated heterocycles. The summed E-state index contributed by atoms with van der Waals surface area (Å²) in [6.45, 7) is 0. The first-order valence-electron chi connectivity index (χ1n) is 3.31. The predicted molar refractivity (Wildman–Crippen MR) is 37.6 cm³/mol. The van der Waals surface area contributed by atoms with Crippen LogP contribution in [0.3, 0.4) is 0 Å². The van der Waals surface area contributed by atoms with Crippen LogP contribution >= 0.6 is 0 Å². The van der Waals surface area contributed by atoms with E-state index in [1.165, 1.54) is 0 Å². The maximum absolute atomic E-state index is 10.5. The Balaban J connectivity index is 3.72. The van der Waals surface area contributed by atoms with Gasteiger partial charge in [0.25, 0.3) is 6.16 Å². The lowest BCUT2D eigenvalue weighted by Gasteiger charge is -2.07. The average Bonchev–Trinajstić information content (AvgIpc) is 1.98. The van der Waals surface area contributed by atoms with Gasteiger partial charge in [-0.05, 0) is 0 Å². The summed E-state index contributed by atoms with van der Waals surface area (Å²) in [5.74, 6) is -1.81. The van der Waals surface area contributed by atoms with Crippen LogP contribution in [0.2, 0.25) is 0 Å². The summed E-state index contributed by atoms with van der Waals surface area (Å²) in [6, 6.07) is 0. The molecule has 0 aliphatic heterocycles. The minimum absolute atomic E-state index is 0.375. The van der Waals surface area contributed by atoms with Gasteiger partial charge in [0, 0.05) is 6.42 Å². The molecule has 0 bridgehead atoms. The molecule has 78 valence electrons. The third-order valence-electron chi connectivity index (χ3n) is 0.964. The van der Waals surface area contributed by atoms with Crippen LogP contribution in [0.25, 0.3) is 0 Å². The van der Waals surface area contributed by atoms with E-state index >= 15 is 0 Å². The largest absolute Gasteiger partial charge is 0.513 e. The molecular formula is C6H6NO7-. The Hall–Kier alpha value is -2.12. The molecule has 0 aliphatic rings. The van der Waals surface area contributed by atoms with E-state index in [-0.39, 0.29) is 6.42 Å². The van der Waals surface area contributed by atoms with E-state index in [1.54, 1.807) is 0 Å². The Bertz CT molecular complexity index is 243. The molecule has 0 radical (unpaired) electrons. The molecule has 0 atom stereocenters. The standard InChI is InChI=1S/C6H7NO7/c7-3(13-5(9)10)1-2-4(8)14-6(11)12/h7H,1-2H2,(H,9,10)(H,11,12)/p-1. The van der Waals surface area contributed by atoms with Crippen LogP contribution in [0.5, 0.6) is 0 Å². The Morgan fingerprint density at radius 3 is 2.21 bits per heavy atom. The first kappa shape index (κ1) is 11.9. The SMILES string of the molecule is N=C(CCC(=O)OC(=O)O)OC(=O)[O-]. The minimum Gasteiger partial charge on any atom is -0.501 e. The summed E-state index contributed by atoms with van der Waals surface area (Å²) in [6.07, 6.45) is -4.51. The molecule has 0 aliphatic carbocycles. The van der Waals surface area contributed by atoms with Gasteiger partial charge in [0.15, 0.2) is 0 Å². The van der Waals surface area contributed by atoms with Crippen molar-refractivity contribution in [2.75, 3.05) is 0 Å². The van der Waals surface area contributed by atoms with Gasteiger partial charge < -0.3 is 24.5 Å². The molecule has 0 spiro atoms. The van der Waals surface area contributed by atoms with E-state index in [4.69, 9.17) is 10.5 Å². The molecule has 0 saturated carbocycles. The Morgan fingerprint density at radius 1 is 1.21 bits per heavy atom. The van der Waals surface area contributed by atoms with Crippen LogP contribution in [0.15, 0.2) is 0 Å². The molecule has 0 aromatic rings. The fourth-order valence-electron chi connectivity index (χ4n) is 0.516. The van der Waals surface area contributed by atoms with E-state index in [9.17, 15) is 19.5 Å². The Labute approximate surface area is 77.5 Å². The topological polar surface area (TPSA) is 137 Å². The van der Waals surface area contributed by atoms with Crippen molar-refractivity contribution in [2.45, 2.75) is 12.8 Å². The summed E-state index contributed by atoms with van der Waals surface area (Å²) in [4.78, 5) is 30.1. The van der Waals surface area contributed by atoms with Crippen molar-refractivity contribution in [1.29, 1.82) is 5.41 Å². The Morgan fingerprint density at radius 2 is 1.79 bits per heavy atom. The minimum atomic E-state index is -1.92. The lowest BCUT2D eigenvalue weighted by Crippen LogP contribution is -2.26. The maximum atomic E-state index is 10.5. The number of rotatable bonds is 3. The second-order valence-corrected chi connectivity index (χ2v) is 2.02. The van der Waals surface area contributed by atoms with Gasteiger partial charge >= 0.3 is 12.1 Å². The molecule has 8 nitrogen and oxygen atoms in total. The zero-order valence-electron chi connectivity index (χ0n) is 6.81. The number of carboxylic acid groups (broad SMARTS) is 2. The zero-order valence-corrected chi connectivity index (χ0v) is 6.81. The van der Waals surface area contributed by atoms with Gasteiger partial charge in [-0.3, -0.25) is 10.2 Å². The molecule has 0 fully saturated rings. The van der Waals surface area contributed by atoms with Crippen LogP contribution in [0.4, 0.5) is 9.59 Å². The third-order valence-corrected chi connectivity index (χ3v) is 0.964. The summed E-state index contributed by atoms with van der Waals surface area (Å²) >= 11 is 0. The monoisotopic (exact) mass is 204 g/mol. The number of hydrogen-bond donors (Lipinski definition) is 2. The fraction of sp³-hybridized carbons (Fsp3) is 0.333. The highest BCUT2D eigenvalue weighted by atomic mass is 16.7. The molecule has 0 heterocycles. The maximum Gasteiger partial charge on any atom is 0.513 e. The molecule has 14 heavy (non-hydrogen) atoms. The first-order valence-corrected chi connectivity index (χ1v) is 3.31. The van der Waals surface area contributed by atoms with Crippen molar-refractivity contribution in [3.8, 4) is 0 Å². The lowest BCUT2D eigenvalue weighted by atomic mass is 10.3. The van der Waals surface area contributed by atoms with E-state index in [1.807, 2.05) is 0 Å². The van der Waals surface area contributed by atoms with Crippen molar-refractivity contribution in [3.63, 3.8) is 0 Å². The number of hydrogen-bond acceptors (Lipinski definition) is 7. The number of carbonyl (C=O) groups is 3. The first-order chi connectivity index (χ1) is 6.41.